The number of hydrogen-bond donors (Lipinski definition) is 0. The molecule has 0 N–H and O–H groups in total. The zero-order chi connectivity index (χ0) is 9.43. The fraction of sp³-hybridized carbons (Fsp3) is 0.500. The lowest BCUT2D eigenvalue weighted by molar-refractivity contribution is -0.461. The molecule has 74 valence electrons. The summed E-state index contributed by atoms with van der Waals surface area (Å²) >= 11 is 0. The molecule has 3 aliphatic heterocycles. The summed E-state index contributed by atoms with van der Waals surface area (Å²) in [6, 6.07) is 5.61. The Hall–Kier alpha value is -0.970. The van der Waals surface area contributed by atoms with Gasteiger partial charge in [0, 0.05) is 12.1 Å². The standard InChI is InChI=1S/C10H11NO3/c1-2-4-11-9(3-1)10-12-5-8(6-13-10)7-14-10/h1-4,8H,5-7H2. The average molecular weight is 193 g/mol. The molecule has 2 bridgehead atoms. The van der Waals surface area contributed by atoms with Crippen molar-refractivity contribution >= 4 is 0 Å². The highest BCUT2D eigenvalue weighted by Gasteiger charge is 2.47. The third kappa shape index (κ3) is 1.15. The first-order valence-corrected chi connectivity index (χ1v) is 4.72. The summed E-state index contributed by atoms with van der Waals surface area (Å²) in [6.45, 7) is 2.07. The van der Waals surface area contributed by atoms with Crippen LogP contribution in [0.2, 0.25) is 0 Å². The fourth-order valence-corrected chi connectivity index (χ4v) is 1.72. The van der Waals surface area contributed by atoms with E-state index in [0.29, 0.717) is 31.4 Å². The molecule has 0 spiro atoms. The third-order valence-corrected chi connectivity index (χ3v) is 2.51. The zero-order valence-corrected chi connectivity index (χ0v) is 7.68. The van der Waals surface area contributed by atoms with E-state index < -0.39 is 5.97 Å². The monoisotopic (exact) mass is 193 g/mol. The van der Waals surface area contributed by atoms with Crippen LogP contribution < -0.4 is 0 Å². The Balaban J connectivity index is 1.96. The van der Waals surface area contributed by atoms with Crippen molar-refractivity contribution in [2.45, 2.75) is 5.97 Å². The van der Waals surface area contributed by atoms with Crippen LogP contribution in [0.1, 0.15) is 5.69 Å². The average Bonchev–Trinajstić information content (AvgIpc) is 2.33. The molecular formula is C10H11NO3. The molecule has 1 aromatic rings. The SMILES string of the molecule is c1ccc(C23OCC(CO2)CO3)nc1. The van der Waals surface area contributed by atoms with Gasteiger partial charge >= 0.3 is 5.97 Å². The van der Waals surface area contributed by atoms with Crippen molar-refractivity contribution in [1.82, 2.24) is 4.98 Å². The molecule has 3 saturated heterocycles. The van der Waals surface area contributed by atoms with Gasteiger partial charge in [0.25, 0.3) is 0 Å². The molecule has 14 heavy (non-hydrogen) atoms. The second-order valence-electron chi connectivity index (χ2n) is 3.57. The maximum atomic E-state index is 5.54. The van der Waals surface area contributed by atoms with Crippen LogP contribution in [0.25, 0.3) is 0 Å². The minimum atomic E-state index is -1.03. The van der Waals surface area contributed by atoms with Crippen LogP contribution in [-0.2, 0) is 20.2 Å². The van der Waals surface area contributed by atoms with E-state index in [0.717, 1.165) is 0 Å². The van der Waals surface area contributed by atoms with Crippen LogP contribution in [0.15, 0.2) is 24.4 Å². The Morgan fingerprint density at radius 2 is 1.86 bits per heavy atom. The number of nitrogens with zero attached hydrogens (tertiary/aromatic N) is 1. The van der Waals surface area contributed by atoms with Gasteiger partial charge in [-0.15, -0.1) is 0 Å². The maximum Gasteiger partial charge on any atom is 0.329 e. The van der Waals surface area contributed by atoms with E-state index in [4.69, 9.17) is 14.2 Å². The highest BCUT2D eigenvalue weighted by atomic mass is 16.9. The first-order valence-electron chi connectivity index (χ1n) is 4.72. The zero-order valence-electron chi connectivity index (χ0n) is 7.68. The first kappa shape index (κ1) is 8.35. The number of hydrogen-bond acceptors (Lipinski definition) is 4. The van der Waals surface area contributed by atoms with Gasteiger partial charge in [0.15, 0.2) is 0 Å². The van der Waals surface area contributed by atoms with Crippen LogP contribution in [0, 0.1) is 5.92 Å². The van der Waals surface area contributed by atoms with E-state index >= 15 is 0 Å². The highest BCUT2D eigenvalue weighted by Crippen LogP contribution is 2.37. The second kappa shape index (κ2) is 3.02. The molecule has 3 fully saturated rings. The summed E-state index contributed by atoms with van der Waals surface area (Å²) in [6.07, 6.45) is 1.71. The molecule has 4 heteroatoms. The molecule has 0 aromatic carbocycles. The summed E-state index contributed by atoms with van der Waals surface area (Å²) in [5.74, 6) is -0.656. The van der Waals surface area contributed by atoms with Crippen LogP contribution in [0.3, 0.4) is 0 Å². The van der Waals surface area contributed by atoms with Gasteiger partial charge in [-0.3, -0.25) is 4.98 Å². The molecule has 1 aromatic heterocycles. The summed E-state index contributed by atoms with van der Waals surface area (Å²) < 4.78 is 16.6. The van der Waals surface area contributed by atoms with Crippen molar-refractivity contribution in [2.75, 3.05) is 19.8 Å². The Morgan fingerprint density at radius 3 is 2.43 bits per heavy atom. The van der Waals surface area contributed by atoms with E-state index in [-0.39, 0.29) is 0 Å². The molecule has 4 heterocycles. The molecule has 0 saturated carbocycles. The fourth-order valence-electron chi connectivity index (χ4n) is 1.72. The van der Waals surface area contributed by atoms with E-state index in [9.17, 15) is 0 Å². The summed E-state index contributed by atoms with van der Waals surface area (Å²) in [4.78, 5) is 4.20. The van der Waals surface area contributed by atoms with Crippen molar-refractivity contribution in [1.29, 1.82) is 0 Å². The van der Waals surface area contributed by atoms with Crippen LogP contribution in [0.5, 0.6) is 0 Å². The van der Waals surface area contributed by atoms with Gasteiger partial charge < -0.3 is 14.2 Å². The quantitative estimate of drug-likeness (QED) is 0.664. The van der Waals surface area contributed by atoms with Crippen molar-refractivity contribution in [3.8, 4) is 0 Å². The second-order valence-corrected chi connectivity index (χ2v) is 3.57. The van der Waals surface area contributed by atoms with Crippen molar-refractivity contribution in [3.05, 3.63) is 30.1 Å². The topological polar surface area (TPSA) is 40.6 Å². The van der Waals surface area contributed by atoms with Crippen LogP contribution in [-0.4, -0.2) is 24.8 Å². The Labute approximate surface area is 81.8 Å². The van der Waals surface area contributed by atoms with Gasteiger partial charge in [0.05, 0.1) is 19.8 Å². The first-order chi connectivity index (χ1) is 6.89. The van der Waals surface area contributed by atoms with Gasteiger partial charge in [0.2, 0.25) is 0 Å². The molecular weight excluding hydrogens is 182 g/mol. The van der Waals surface area contributed by atoms with Crippen molar-refractivity contribution < 1.29 is 14.2 Å². The van der Waals surface area contributed by atoms with Gasteiger partial charge in [0.1, 0.15) is 5.69 Å². The summed E-state index contributed by atoms with van der Waals surface area (Å²) in [5.41, 5.74) is 0.693. The number of aromatic nitrogens is 1. The van der Waals surface area contributed by atoms with E-state index in [1.807, 2.05) is 18.2 Å². The number of fused-ring (bicyclic) bond motifs is 3. The lowest BCUT2D eigenvalue weighted by Crippen LogP contribution is -2.52. The molecule has 0 radical (unpaired) electrons. The predicted octanol–water partition coefficient (Wildman–Crippen LogP) is 0.885. The van der Waals surface area contributed by atoms with Gasteiger partial charge in [-0.2, -0.15) is 0 Å². The molecule has 0 aliphatic carbocycles. The molecule has 3 aliphatic rings. The summed E-state index contributed by atoms with van der Waals surface area (Å²) in [5, 5.41) is 0. The van der Waals surface area contributed by atoms with Gasteiger partial charge in [-0.1, -0.05) is 6.07 Å². The van der Waals surface area contributed by atoms with Crippen LogP contribution in [0.4, 0.5) is 0 Å². The molecule has 0 atom stereocenters. The van der Waals surface area contributed by atoms with Gasteiger partial charge in [-0.05, 0) is 12.1 Å². The predicted molar refractivity (Wildman–Crippen MR) is 47.3 cm³/mol. The Bertz CT molecular complexity index is 306. The minimum absolute atomic E-state index is 0.376. The van der Waals surface area contributed by atoms with E-state index in [1.54, 1.807) is 6.20 Å². The molecule has 4 nitrogen and oxygen atoms in total. The van der Waals surface area contributed by atoms with Gasteiger partial charge in [-0.25, -0.2) is 0 Å². The molecule has 0 amide bonds. The lowest BCUT2D eigenvalue weighted by atomic mass is 10.1. The Morgan fingerprint density at radius 1 is 1.14 bits per heavy atom. The third-order valence-electron chi connectivity index (χ3n) is 2.51. The smallest absolute Gasteiger partial charge is 0.322 e. The largest absolute Gasteiger partial charge is 0.329 e. The van der Waals surface area contributed by atoms with Crippen molar-refractivity contribution in [3.63, 3.8) is 0 Å². The van der Waals surface area contributed by atoms with Crippen LogP contribution >= 0.6 is 0 Å². The number of ether oxygens (including phenoxy) is 3. The highest BCUT2D eigenvalue weighted by molar-refractivity contribution is 5.09. The molecule has 0 unspecified atom stereocenters. The number of rotatable bonds is 1. The number of pyridine rings is 1. The van der Waals surface area contributed by atoms with E-state index in [1.165, 1.54) is 0 Å². The Kier molecular flexibility index (Phi) is 1.80. The normalized spacial score (nSPS) is 35.9. The maximum absolute atomic E-state index is 5.54. The molecule has 4 rings (SSSR count). The van der Waals surface area contributed by atoms with E-state index in [2.05, 4.69) is 4.98 Å². The minimum Gasteiger partial charge on any atom is -0.322 e. The lowest BCUT2D eigenvalue weighted by Gasteiger charge is -2.44. The summed E-state index contributed by atoms with van der Waals surface area (Å²) in [7, 11) is 0. The van der Waals surface area contributed by atoms with Crippen molar-refractivity contribution in [2.24, 2.45) is 5.92 Å².